The normalized spacial score (nSPS) is 18.4. The summed E-state index contributed by atoms with van der Waals surface area (Å²) in [6.45, 7) is 0. The van der Waals surface area contributed by atoms with Gasteiger partial charge in [0.1, 0.15) is 6.10 Å². The van der Waals surface area contributed by atoms with Crippen molar-refractivity contribution in [2.45, 2.75) is 12.5 Å². The number of benzene rings is 2. The molecule has 2 aromatic rings. The Labute approximate surface area is 122 Å². The van der Waals surface area contributed by atoms with Gasteiger partial charge < -0.3 is 4.74 Å². The second kappa shape index (κ2) is 5.51. The van der Waals surface area contributed by atoms with Gasteiger partial charge in [0.05, 0.1) is 0 Å². The van der Waals surface area contributed by atoms with E-state index in [0.29, 0.717) is 11.4 Å². The molecule has 0 aliphatic carbocycles. The average Bonchev–Trinajstić information content (AvgIpc) is 2.48. The zero-order chi connectivity index (χ0) is 13.9. The molecular weight excluding hydrogens is 272 g/mol. The van der Waals surface area contributed by atoms with Crippen LogP contribution in [-0.4, -0.2) is 5.97 Å². The van der Waals surface area contributed by atoms with Gasteiger partial charge in [-0.2, -0.15) is 0 Å². The summed E-state index contributed by atoms with van der Waals surface area (Å²) >= 11 is 6.19. The fraction of sp³-hybridized carbons (Fsp3) is 0.118. The lowest BCUT2D eigenvalue weighted by molar-refractivity contribution is -0.144. The Kier molecular flexibility index (Phi) is 3.57. The third-order valence-corrected chi connectivity index (χ3v) is 3.70. The first-order valence-corrected chi connectivity index (χ1v) is 6.83. The molecule has 0 saturated carbocycles. The van der Waals surface area contributed by atoms with Gasteiger partial charge in [0.25, 0.3) is 0 Å². The molecule has 3 rings (SSSR count). The van der Waals surface area contributed by atoms with Crippen molar-refractivity contribution in [1.29, 1.82) is 0 Å². The van der Waals surface area contributed by atoms with Crippen LogP contribution in [0.2, 0.25) is 5.02 Å². The molecule has 0 saturated heterocycles. The molecule has 2 nitrogen and oxygen atoms in total. The molecule has 1 atom stereocenters. The van der Waals surface area contributed by atoms with Gasteiger partial charge in [-0.1, -0.05) is 60.1 Å². The predicted molar refractivity (Wildman–Crippen MR) is 79.3 cm³/mol. The molecular formula is C17H13ClO2. The average molecular weight is 285 g/mol. The van der Waals surface area contributed by atoms with Crippen molar-refractivity contribution < 1.29 is 9.53 Å². The lowest BCUT2D eigenvalue weighted by Crippen LogP contribution is -2.16. The monoisotopic (exact) mass is 284 g/mol. The number of ether oxygens (including phenoxy) is 1. The van der Waals surface area contributed by atoms with Crippen molar-refractivity contribution in [1.82, 2.24) is 0 Å². The zero-order valence-electron chi connectivity index (χ0n) is 10.8. The molecule has 0 unspecified atom stereocenters. The summed E-state index contributed by atoms with van der Waals surface area (Å²) in [6, 6.07) is 17.3. The third kappa shape index (κ3) is 2.61. The van der Waals surface area contributed by atoms with E-state index in [9.17, 15) is 4.79 Å². The van der Waals surface area contributed by atoms with E-state index < -0.39 is 0 Å². The van der Waals surface area contributed by atoms with Crippen LogP contribution in [0.25, 0.3) is 5.57 Å². The van der Waals surface area contributed by atoms with Gasteiger partial charge in [-0.25, -0.2) is 4.79 Å². The van der Waals surface area contributed by atoms with Crippen molar-refractivity contribution in [3.8, 4) is 0 Å². The van der Waals surface area contributed by atoms with Gasteiger partial charge in [-0.05, 0) is 17.2 Å². The van der Waals surface area contributed by atoms with Crippen LogP contribution in [-0.2, 0) is 9.53 Å². The van der Waals surface area contributed by atoms with Crippen LogP contribution in [0.5, 0.6) is 0 Å². The van der Waals surface area contributed by atoms with Gasteiger partial charge in [-0.15, -0.1) is 0 Å². The number of esters is 1. The van der Waals surface area contributed by atoms with Crippen LogP contribution in [0.4, 0.5) is 0 Å². The molecule has 2 aromatic carbocycles. The Bertz CT molecular complexity index is 662. The maximum atomic E-state index is 11.8. The third-order valence-electron chi connectivity index (χ3n) is 3.35. The molecule has 0 spiro atoms. The number of hydrogen-bond donors (Lipinski definition) is 0. The highest BCUT2D eigenvalue weighted by molar-refractivity contribution is 6.31. The van der Waals surface area contributed by atoms with Crippen LogP contribution < -0.4 is 0 Å². The van der Waals surface area contributed by atoms with Crippen molar-refractivity contribution in [3.63, 3.8) is 0 Å². The van der Waals surface area contributed by atoms with E-state index in [-0.39, 0.29) is 12.1 Å². The van der Waals surface area contributed by atoms with Crippen molar-refractivity contribution >= 4 is 23.1 Å². The zero-order valence-corrected chi connectivity index (χ0v) is 11.5. The Balaban J connectivity index is 1.93. The SMILES string of the molecule is O=C1C=C(c2ccccc2)C[C@H](c2ccccc2Cl)O1. The number of cyclic esters (lactones) is 1. The number of halogens is 1. The summed E-state index contributed by atoms with van der Waals surface area (Å²) < 4.78 is 5.41. The molecule has 0 aromatic heterocycles. The quantitative estimate of drug-likeness (QED) is 0.764. The van der Waals surface area contributed by atoms with E-state index in [4.69, 9.17) is 16.3 Å². The minimum Gasteiger partial charge on any atom is -0.454 e. The minimum atomic E-state index is -0.323. The predicted octanol–water partition coefficient (Wildman–Crippen LogP) is 4.41. The summed E-state index contributed by atoms with van der Waals surface area (Å²) in [5.74, 6) is -0.319. The first-order chi connectivity index (χ1) is 9.74. The van der Waals surface area contributed by atoms with Crippen LogP contribution in [0, 0.1) is 0 Å². The lowest BCUT2D eigenvalue weighted by Gasteiger charge is -2.24. The lowest BCUT2D eigenvalue weighted by atomic mass is 9.94. The highest BCUT2D eigenvalue weighted by Gasteiger charge is 2.25. The van der Waals surface area contributed by atoms with E-state index in [2.05, 4.69) is 0 Å². The van der Waals surface area contributed by atoms with Gasteiger partial charge in [0, 0.05) is 23.1 Å². The topological polar surface area (TPSA) is 26.3 Å². The summed E-state index contributed by atoms with van der Waals surface area (Å²) in [4.78, 5) is 11.8. The second-order valence-electron chi connectivity index (χ2n) is 4.69. The Morgan fingerprint density at radius 2 is 1.70 bits per heavy atom. The molecule has 0 radical (unpaired) electrons. The fourth-order valence-electron chi connectivity index (χ4n) is 2.38. The first kappa shape index (κ1) is 12.9. The van der Waals surface area contributed by atoms with Gasteiger partial charge in [-0.3, -0.25) is 0 Å². The largest absolute Gasteiger partial charge is 0.454 e. The van der Waals surface area contributed by atoms with Crippen molar-refractivity contribution in [2.75, 3.05) is 0 Å². The smallest absolute Gasteiger partial charge is 0.331 e. The summed E-state index contributed by atoms with van der Waals surface area (Å²) in [6.07, 6.45) is 1.87. The first-order valence-electron chi connectivity index (χ1n) is 6.45. The molecule has 1 heterocycles. The molecule has 0 fully saturated rings. The van der Waals surface area contributed by atoms with Crippen LogP contribution >= 0.6 is 11.6 Å². The number of rotatable bonds is 2. The molecule has 3 heteroatoms. The molecule has 20 heavy (non-hydrogen) atoms. The van der Waals surface area contributed by atoms with Crippen molar-refractivity contribution in [3.05, 3.63) is 76.8 Å². The standard InChI is InChI=1S/C17H13ClO2/c18-15-9-5-4-8-14(15)16-10-13(11-17(19)20-16)12-6-2-1-3-7-12/h1-9,11,16H,10H2/t16-/m1/s1. The van der Waals surface area contributed by atoms with E-state index in [1.807, 2.05) is 54.6 Å². The highest BCUT2D eigenvalue weighted by atomic mass is 35.5. The summed E-state index contributed by atoms with van der Waals surface area (Å²) in [7, 11) is 0. The summed E-state index contributed by atoms with van der Waals surface area (Å²) in [5.41, 5.74) is 2.87. The molecule has 0 N–H and O–H groups in total. The Hall–Kier alpha value is -2.06. The van der Waals surface area contributed by atoms with E-state index >= 15 is 0 Å². The highest BCUT2D eigenvalue weighted by Crippen LogP contribution is 2.36. The summed E-state index contributed by atoms with van der Waals surface area (Å²) in [5, 5.41) is 0.625. The molecule has 1 aliphatic heterocycles. The van der Waals surface area contributed by atoms with Gasteiger partial charge in [0.15, 0.2) is 0 Å². The fourth-order valence-corrected chi connectivity index (χ4v) is 2.64. The maximum absolute atomic E-state index is 11.8. The number of hydrogen-bond acceptors (Lipinski definition) is 2. The van der Waals surface area contributed by atoms with Gasteiger partial charge in [0.2, 0.25) is 0 Å². The Morgan fingerprint density at radius 3 is 2.45 bits per heavy atom. The maximum Gasteiger partial charge on any atom is 0.331 e. The number of carbonyl (C=O) groups is 1. The Morgan fingerprint density at radius 1 is 1.00 bits per heavy atom. The van der Waals surface area contributed by atoms with E-state index in [1.54, 1.807) is 6.08 Å². The molecule has 0 bridgehead atoms. The van der Waals surface area contributed by atoms with Crippen LogP contribution in [0.3, 0.4) is 0 Å². The minimum absolute atomic E-state index is 0.319. The number of carbonyl (C=O) groups excluding carboxylic acids is 1. The molecule has 0 amide bonds. The second-order valence-corrected chi connectivity index (χ2v) is 5.09. The van der Waals surface area contributed by atoms with Crippen LogP contribution in [0.1, 0.15) is 23.7 Å². The van der Waals surface area contributed by atoms with E-state index in [1.165, 1.54) is 0 Å². The molecule has 100 valence electrons. The van der Waals surface area contributed by atoms with Crippen LogP contribution in [0.15, 0.2) is 60.7 Å². The van der Waals surface area contributed by atoms with Gasteiger partial charge >= 0.3 is 5.97 Å². The van der Waals surface area contributed by atoms with Crippen molar-refractivity contribution in [2.24, 2.45) is 0 Å². The van der Waals surface area contributed by atoms with E-state index in [0.717, 1.165) is 16.7 Å². The molecule has 1 aliphatic rings.